The van der Waals surface area contributed by atoms with Crippen LogP contribution in [0.2, 0.25) is 0 Å². The number of aromatic nitrogens is 4. The molecule has 60 heavy (non-hydrogen) atoms. The van der Waals surface area contributed by atoms with Crippen molar-refractivity contribution in [1.82, 2.24) is 30.2 Å². The molecule has 7 unspecified atom stereocenters. The number of nitrogens with one attached hydrogen (secondary N) is 2. The summed E-state index contributed by atoms with van der Waals surface area (Å²) in [6.45, 7) is 7.69. The Bertz CT molecular complexity index is 2070. The van der Waals surface area contributed by atoms with Crippen LogP contribution in [-0.4, -0.2) is 134 Å². The Kier molecular flexibility index (Phi) is 18.3. The third-order valence-electron chi connectivity index (χ3n) is 8.26. The van der Waals surface area contributed by atoms with Crippen LogP contribution in [0.3, 0.4) is 0 Å². The molecule has 0 aliphatic carbocycles. The summed E-state index contributed by atoms with van der Waals surface area (Å²) in [4.78, 5) is 98.5. The van der Waals surface area contributed by atoms with Gasteiger partial charge >= 0.3 is 29.4 Å². The largest absolute Gasteiger partial charge is 0.481 e. The van der Waals surface area contributed by atoms with Crippen LogP contribution < -0.4 is 16.4 Å². The van der Waals surface area contributed by atoms with Crippen molar-refractivity contribution in [3.63, 3.8) is 0 Å². The number of carboxylic acid groups (broad SMARTS) is 1. The molecule has 1 aliphatic heterocycles. The van der Waals surface area contributed by atoms with Crippen LogP contribution in [0, 0.1) is 5.41 Å². The molecule has 7 atom stereocenters. The molecule has 0 aromatic carbocycles. The maximum atomic E-state index is 12.7. The van der Waals surface area contributed by atoms with Crippen molar-refractivity contribution in [2.24, 2.45) is 5.41 Å². The maximum absolute atomic E-state index is 12.7. The van der Waals surface area contributed by atoms with Crippen LogP contribution in [0.1, 0.15) is 45.8 Å². The van der Waals surface area contributed by atoms with Gasteiger partial charge in [0.25, 0.3) is 0 Å². The first kappa shape index (κ1) is 50.9. The van der Waals surface area contributed by atoms with E-state index >= 15 is 0 Å². The van der Waals surface area contributed by atoms with Gasteiger partial charge in [-0.05, 0) is 12.0 Å². The zero-order valence-electron chi connectivity index (χ0n) is 32.0. The summed E-state index contributed by atoms with van der Waals surface area (Å²) in [7, 11) is -16.5. The van der Waals surface area contributed by atoms with Gasteiger partial charge in [0.05, 0.1) is 19.5 Å². The van der Waals surface area contributed by atoms with Crippen molar-refractivity contribution >= 4 is 75.1 Å². The number of nitrogens with two attached hydrogens (primary N) is 1. The molecule has 1 aliphatic rings. The van der Waals surface area contributed by atoms with Gasteiger partial charge in [0, 0.05) is 43.5 Å². The number of phosphoric acid groups is 3. The summed E-state index contributed by atoms with van der Waals surface area (Å²) in [6, 6.07) is 0. The number of imidazole rings is 1. The number of aliphatic hydroxyl groups excluding tert-OH is 2. The number of nitrogens with zero attached hydrogens (tertiary/aromatic N) is 4. The predicted molar refractivity (Wildman–Crippen MR) is 207 cm³/mol. The van der Waals surface area contributed by atoms with Crippen LogP contribution in [0.25, 0.3) is 11.2 Å². The molecule has 3 heterocycles. The molecule has 0 bridgehead atoms. The Balaban J connectivity index is 1.44. The summed E-state index contributed by atoms with van der Waals surface area (Å²) >= 11 is 0.922. The van der Waals surface area contributed by atoms with Crippen LogP contribution in [0.15, 0.2) is 37.0 Å². The quantitative estimate of drug-likeness (QED) is 0.0357. The van der Waals surface area contributed by atoms with Crippen LogP contribution in [-0.2, 0) is 55.5 Å². The summed E-state index contributed by atoms with van der Waals surface area (Å²) in [5, 5.41) is 34.8. The zero-order valence-corrected chi connectivity index (χ0v) is 35.5. The molecule has 2 aromatic heterocycles. The number of phosphoric ester groups is 3. The molecule has 0 spiro atoms. The fourth-order valence-electron chi connectivity index (χ4n) is 5.08. The summed E-state index contributed by atoms with van der Waals surface area (Å²) in [5.74, 6) is -2.37. The first-order chi connectivity index (χ1) is 27.7. The Morgan fingerprint density at radius 3 is 2.32 bits per heavy atom. The molecule has 26 nitrogen and oxygen atoms in total. The van der Waals surface area contributed by atoms with E-state index in [2.05, 4.69) is 47.6 Å². The minimum absolute atomic E-state index is 0.0186. The Morgan fingerprint density at radius 2 is 1.67 bits per heavy atom. The number of hydrogen-bond donors (Lipinski definition) is 10. The molecule has 2 amide bonds. The molecule has 11 N–H and O–H groups in total. The van der Waals surface area contributed by atoms with Crippen LogP contribution in [0.4, 0.5) is 5.82 Å². The normalized spacial score (nSPS) is 20.8. The molecule has 1 saturated heterocycles. The predicted octanol–water partition coefficient (Wildman–Crippen LogP) is 0.0320. The van der Waals surface area contributed by atoms with Crippen molar-refractivity contribution in [3.05, 3.63) is 37.0 Å². The fraction of sp³-hybridized carbons (Fsp3) is 0.567. The van der Waals surface area contributed by atoms with Crippen LogP contribution >= 0.6 is 35.2 Å². The lowest BCUT2D eigenvalue weighted by Crippen LogP contribution is -2.46. The van der Waals surface area contributed by atoms with Gasteiger partial charge in [-0.3, -0.25) is 37.3 Å². The molecule has 0 radical (unpaired) electrons. The van der Waals surface area contributed by atoms with E-state index in [-0.39, 0.29) is 66.6 Å². The fourth-order valence-corrected chi connectivity index (χ4v) is 8.62. The Labute approximate surface area is 345 Å². The zero-order chi connectivity index (χ0) is 45.2. The third-order valence-corrected chi connectivity index (χ3v) is 12.2. The summed E-state index contributed by atoms with van der Waals surface area (Å²) in [6.07, 6.45) is -7.13. The first-order valence-corrected chi connectivity index (χ1v) is 22.8. The molecule has 2 aromatic rings. The minimum Gasteiger partial charge on any atom is -0.481 e. The average Bonchev–Trinajstić information content (AvgIpc) is 3.70. The van der Waals surface area contributed by atoms with E-state index in [0.29, 0.717) is 11.1 Å². The van der Waals surface area contributed by atoms with E-state index in [1.807, 2.05) is 0 Å². The van der Waals surface area contributed by atoms with Crippen molar-refractivity contribution in [2.75, 3.05) is 37.8 Å². The van der Waals surface area contributed by atoms with Gasteiger partial charge in [0.1, 0.15) is 36.3 Å². The molecule has 0 saturated carbocycles. The number of fused-ring (bicyclic) bond motifs is 1. The molecular weight excluding hydrogens is 887 g/mol. The lowest BCUT2D eigenvalue weighted by molar-refractivity contribution is -0.137. The van der Waals surface area contributed by atoms with Crippen molar-refractivity contribution in [3.8, 4) is 0 Å². The highest BCUT2D eigenvalue weighted by atomic mass is 32.2. The van der Waals surface area contributed by atoms with E-state index in [4.69, 9.17) is 24.6 Å². The average molecular weight is 934 g/mol. The van der Waals surface area contributed by atoms with Crippen LogP contribution in [0.5, 0.6) is 0 Å². The monoisotopic (exact) mass is 933 g/mol. The van der Waals surface area contributed by atoms with Crippen molar-refractivity contribution in [1.29, 1.82) is 0 Å². The van der Waals surface area contributed by atoms with E-state index < -0.39 is 90.5 Å². The highest BCUT2D eigenvalue weighted by Crippen LogP contribution is 2.61. The molecule has 336 valence electrons. The highest BCUT2D eigenvalue weighted by Gasteiger charge is 2.50. The number of allylic oxidation sites excluding steroid dienone is 2. The lowest BCUT2D eigenvalue weighted by atomic mass is 9.87. The molecule has 3 rings (SSSR count). The number of carbonyl (C=O) groups is 4. The second-order valence-corrected chi connectivity index (χ2v) is 19.0. The number of anilines is 1. The van der Waals surface area contributed by atoms with E-state index in [0.717, 1.165) is 29.0 Å². The van der Waals surface area contributed by atoms with Crippen molar-refractivity contribution < 1.29 is 90.4 Å². The van der Waals surface area contributed by atoms with Gasteiger partial charge in [0.2, 0.25) is 11.8 Å². The number of carbonyl (C=O) groups excluding carboxylic acids is 3. The minimum atomic E-state index is -5.60. The standard InChI is InChI=1S/C30H46N7O19P3S/c1-16(5-6-20(39)40)17(2)11-21(41)60-10-9-32-19(38)7-8-33-28(44)25(43)30(3,4)13-53-59(50,51)56-58(48,49)52-12-18-24(55-57(45,46)47)23(42)29(54-18)37-15-36-22-26(31)34-14-35-27(22)37/h14-15,18,23-25,29,42-43H,1-2,5-13H2,3-4H3,(H,32,38)(H,33,44)(H,39,40)(H,48,49)(H,50,51)(H2,31,34,35)(H2,45,46,47). The number of aliphatic hydroxyl groups is 2. The second-order valence-electron chi connectivity index (χ2n) is 13.6. The van der Waals surface area contributed by atoms with Crippen molar-refractivity contribution in [2.45, 2.75) is 70.2 Å². The molecular formula is C30H46N7O19P3S. The maximum Gasteiger partial charge on any atom is 0.481 e. The topological polar surface area (TPSA) is 401 Å². The van der Waals surface area contributed by atoms with E-state index in [1.54, 1.807) is 0 Å². The SMILES string of the molecule is C=C(CCC(=O)O)C(=C)CC(=O)SCCNC(=O)CCNC(=O)C(O)C(C)(C)COP(=O)(O)OP(=O)(O)OCC1OC(n2cnc3c(N)ncnc32)C(O)C1OP(=O)(O)O. The number of thioether (sulfide) groups is 1. The number of carboxylic acids is 1. The number of aliphatic carboxylic acids is 1. The van der Waals surface area contributed by atoms with E-state index in [9.17, 15) is 62.7 Å². The van der Waals surface area contributed by atoms with Gasteiger partial charge in [-0.15, -0.1) is 0 Å². The molecule has 30 heteroatoms. The second kappa shape index (κ2) is 21.5. The Hall–Kier alpha value is -3.49. The third kappa shape index (κ3) is 15.8. The number of ether oxygens (including phenoxy) is 1. The number of rotatable bonds is 25. The smallest absolute Gasteiger partial charge is 0.481 e. The number of hydrogen-bond acceptors (Lipinski definition) is 19. The van der Waals surface area contributed by atoms with Gasteiger partial charge in [0.15, 0.2) is 22.8 Å². The summed E-state index contributed by atoms with van der Waals surface area (Å²) < 4.78 is 62.1. The van der Waals surface area contributed by atoms with Gasteiger partial charge < -0.3 is 56.0 Å². The van der Waals surface area contributed by atoms with Gasteiger partial charge in [-0.1, -0.05) is 44.3 Å². The number of amides is 2. The highest BCUT2D eigenvalue weighted by molar-refractivity contribution is 8.13. The first-order valence-electron chi connectivity index (χ1n) is 17.3. The molecule has 1 fully saturated rings. The summed E-state index contributed by atoms with van der Waals surface area (Å²) in [5.41, 5.74) is 5.07. The van der Waals surface area contributed by atoms with E-state index in [1.165, 1.54) is 13.8 Å². The van der Waals surface area contributed by atoms with Gasteiger partial charge in [-0.25, -0.2) is 28.6 Å². The number of nitrogen functional groups attached to an aromatic ring is 1. The Morgan fingerprint density at radius 1 is 1.00 bits per heavy atom. The lowest BCUT2D eigenvalue weighted by Gasteiger charge is -2.30. The van der Waals surface area contributed by atoms with Gasteiger partial charge in [-0.2, -0.15) is 4.31 Å².